The summed E-state index contributed by atoms with van der Waals surface area (Å²) in [5.74, 6) is -0.707. The second-order valence-corrected chi connectivity index (χ2v) is 6.25. The smallest absolute Gasteiger partial charge is 0.260 e. The van der Waals surface area contributed by atoms with Gasteiger partial charge in [-0.1, -0.05) is 67.4 Å². The molecule has 0 aliphatic carbocycles. The molecule has 0 N–H and O–H groups in total. The molecule has 3 nitrogen and oxygen atoms in total. The zero-order valence-electron chi connectivity index (χ0n) is 13.0. The van der Waals surface area contributed by atoms with Crippen molar-refractivity contribution < 1.29 is 9.59 Å². The van der Waals surface area contributed by atoms with Gasteiger partial charge in [-0.2, -0.15) is 0 Å². The number of fused-ring (bicyclic) bond motifs is 1. The fraction of sp³-hybridized carbons (Fsp3) is 0.263. The summed E-state index contributed by atoms with van der Waals surface area (Å²) in [6, 6.07) is 16.1. The molecule has 2 aromatic rings. The van der Waals surface area contributed by atoms with Gasteiger partial charge in [0, 0.05) is 12.1 Å². The Hall–Kier alpha value is -2.13. The highest BCUT2D eigenvalue weighted by Gasteiger charge is 2.52. The molecule has 1 atom stereocenters. The molecule has 4 heteroatoms. The standard InChI is InChI=1S/C19H18ClNO2/c1-2-3-13-21-16-12-8-7-11-15(16)17(22)19(20,18(21)23)14-9-5-4-6-10-14/h4-12H,2-3,13H2,1H3/t19-/m0/s1. The van der Waals surface area contributed by atoms with E-state index in [2.05, 4.69) is 6.92 Å². The number of Topliss-reactive ketones (excluding diaryl/α,β-unsaturated/α-hetero) is 1. The molecule has 1 aliphatic heterocycles. The van der Waals surface area contributed by atoms with Crippen LogP contribution in [0.15, 0.2) is 54.6 Å². The Morgan fingerprint density at radius 3 is 2.35 bits per heavy atom. The van der Waals surface area contributed by atoms with Crippen LogP contribution in [0.25, 0.3) is 0 Å². The number of alkyl halides is 1. The lowest BCUT2D eigenvalue weighted by atomic mass is 9.84. The van der Waals surface area contributed by atoms with Gasteiger partial charge in [-0.3, -0.25) is 9.59 Å². The van der Waals surface area contributed by atoms with E-state index in [-0.39, 0.29) is 11.7 Å². The lowest BCUT2D eigenvalue weighted by Gasteiger charge is -2.38. The SMILES string of the molecule is CCCCN1C(=O)[C@](Cl)(c2ccccc2)C(=O)c2ccccc21. The average Bonchev–Trinajstić information content (AvgIpc) is 2.60. The van der Waals surface area contributed by atoms with E-state index < -0.39 is 4.87 Å². The fourth-order valence-electron chi connectivity index (χ4n) is 2.94. The van der Waals surface area contributed by atoms with Crippen molar-refractivity contribution >= 4 is 29.0 Å². The molecular weight excluding hydrogens is 310 g/mol. The fourth-order valence-corrected chi connectivity index (χ4v) is 3.27. The maximum atomic E-state index is 13.1. The van der Waals surface area contributed by atoms with Crippen molar-refractivity contribution in [2.75, 3.05) is 11.4 Å². The number of hydrogen-bond donors (Lipinski definition) is 0. The number of carbonyl (C=O) groups is 2. The largest absolute Gasteiger partial charge is 0.309 e. The number of amides is 1. The molecule has 1 amide bonds. The molecule has 0 unspecified atom stereocenters. The molecule has 0 bridgehead atoms. The highest BCUT2D eigenvalue weighted by atomic mass is 35.5. The van der Waals surface area contributed by atoms with Crippen LogP contribution < -0.4 is 4.90 Å². The number of ketones is 1. The minimum absolute atomic E-state index is 0.348. The molecule has 0 radical (unpaired) electrons. The maximum absolute atomic E-state index is 13.1. The number of benzene rings is 2. The van der Waals surface area contributed by atoms with E-state index in [9.17, 15) is 9.59 Å². The monoisotopic (exact) mass is 327 g/mol. The quantitative estimate of drug-likeness (QED) is 0.625. The van der Waals surface area contributed by atoms with Crippen LogP contribution in [-0.4, -0.2) is 18.2 Å². The van der Waals surface area contributed by atoms with Gasteiger partial charge in [-0.05, 0) is 24.1 Å². The van der Waals surface area contributed by atoms with Gasteiger partial charge in [0.15, 0.2) is 5.78 Å². The summed E-state index contributed by atoms with van der Waals surface area (Å²) in [4.78, 5) is 26.1. The van der Waals surface area contributed by atoms with Crippen LogP contribution >= 0.6 is 11.6 Å². The highest BCUT2D eigenvalue weighted by Crippen LogP contribution is 2.42. The predicted molar refractivity (Wildman–Crippen MR) is 92.0 cm³/mol. The van der Waals surface area contributed by atoms with Crippen molar-refractivity contribution in [3.05, 3.63) is 65.7 Å². The third kappa shape index (κ3) is 2.45. The molecule has 0 aromatic heterocycles. The van der Waals surface area contributed by atoms with Crippen LogP contribution in [0.4, 0.5) is 5.69 Å². The van der Waals surface area contributed by atoms with Gasteiger partial charge in [-0.15, -0.1) is 0 Å². The first-order valence-electron chi connectivity index (χ1n) is 7.81. The van der Waals surface area contributed by atoms with Crippen molar-refractivity contribution in [1.29, 1.82) is 0 Å². The van der Waals surface area contributed by atoms with E-state index in [1.54, 1.807) is 41.3 Å². The average molecular weight is 328 g/mol. The summed E-state index contributed by atoms with van der Waals surface area (Å²) < 4.78 is 0. The van der Waals surface area contributed by atoms with Crippen LogP contribution in [0.3, 0.4) is 0 Å². The highest BCUT2D eigenvalue weighted by molar-refractivity contribution is 6.51. The second kappa shape index (κ2) is 6.17. The van der Waals surface area contributed by atoms with Crippen molar-refractivity contribution in [2.24, 2.45) is 0 Å². The van der Waals surface area contributed by atoms with Gasteiger partial charge in [0.1, 0.15) is 0 Å². The lowest BCUT2D eigenvalue weighted by molar-refractivity contribution is -0.120. The minimum atomic E-state index is -1.68. The van der Waals surface area contributed by atoms with Crippen LogP contribution in [-0.2, 0) is 9.67 Å². The summed E-state index contributed by atoms with van der Waals surface area (Å²) in [5, 5.41) is 0. The summed E-state index contributed by atoms with van der Waals surface area (Å²) in [5.41, 5.74) is 1.68. The first-order valence-corrected chi connectivity index (χ1v) is 8.18. The number of hydrogen-bond acceptors (Lipinski definition) is 2. The summed E-state index contributed by atoms with van der Waals surface area (Å²) in [6.07, 6.45) is 1.82. The topological polar surface area (TPSA) is 37.4 Å². The predicted octanol–water partition coefficient (Wildman–Crippen LogP) is 4.15. The molecule has 0 fully saturated rings. The van der Waals surface area contributed by atoms with Crippen molar-refractivity contribution in [3.8, 4) is 0 Å². The number of para-hydroxylation sites is 1. The first-order chi connectivity index (χ1) is 11.1. The first kappa shape index (κ1) is 15.8. The van der Waals surface area contributed by atoms with E-state index in [1.165, 1.54) is 0 Å². The number of rotatable bonds is 4. The van der Waals surface area contributed by atoms with E-state index in [1.807, 2.05) is 18.2 Å². The van der Waals surface area contributed by atoms with Crippen molar-refractivity contribution in [1.82, 2.24) is 0 Å². The van der Waals surface area contributed by atoms with Gasteiger partial charge in [0.25, 0.3) is 5.91 Å². The summed E-state index contributed by atoms with van der Waals surface area (Å²) in [6.45, 7) is 2.62. The van der Waals surface area contributed by atoms with Crippen molar-refractivity contribution in [2.45, 2.75) is 24.6 Å². The Labute approximate surface area is 140 Å². The van der Waals surface area contributed by atoms with Crippen LogP contribution in [0, 0.1) is 0 Å². The summed E-state index contributed by atoms with van der Waals surface area (Å²) >= 11 is 6.66. The molecule has 0 saturated carbocycles. The Bertz CT molecular complexity index is 744. The Kier molecular flexibility index (Phi) is 4.22. The maximum Gasteiger partial charge on any atom is 0.260 e. The molecule has 1 heterocycles. The number of unbranched alkanes of at least 4 members (excludes halogenated alkanes) is 1. The van der Waals surface area contributed by atoms with Gasteiger partial charge in [-0.25, -0.2) is 0 Å². The van der Waals surface area contributed by atoms with Gasteiger partial charge in [0.05, 0.1) is 5.69 Å². The van der Waals surface area contributed by atoms with Crippen molar-refractivity contribution in [3.63, 3.8) is 0 Å². The third-order valence-corrected chi connectivity index (χ3v) is 4.75. The number of nitrogens with zero attached hydrogens (tertiary/aromatic N) is 1. The zero-order chi connectivity index (χ0) is 16.4. The molecule has 1 aliphatic rings. The normalized spacial score (nSPS) is 20.5. The Balaban J connectivity index is 2.16. The molecule has 3 rings (SSSR count). The minimum Gasteiger partial charge on any atom is -0.309 e. The van der Waals surface area contributed by atoms with E-state index in [0.717, 1.165) is 12.8 Å². The van der Waals surface area contributed by atoms with Gasteiger partial charge in [0.2, 0.25) is 4.87 Å². The summed E-state index contributed by atoms with van der Waals surface area (Å²) in [7, 11) is 0. The molecule has 2 aromatic carbocycles. The second-order valence-electron chi connectivity index (χ2n) is 5.68. The van der Waals surface area contributed by atoms with Gasteiger partial charge >= 0.3 is 0 Å². The molecular formula is C19H18ClNO2. The lowest BCUT2D eigenvalue weighted by Crippen LogP contribution is -2.53. The molecule has 0 saturated heterocycles. The molecule has 0 spiro atoms. The number of anilines is 1. The zero-order valence-corrected chi connectivity index (χ0v) is 13.7. The number of carbonyl (C=O) groups excluding carboxylic acids is 2. The Morgan fingerprint density at radius 2 is 1.65 bits per heavy atom. The van der Waals surface area contributed by atoms with E-state index in [4.69, 9.17) is 11.6 Å². The van der Waals surface area contributed by atoms with E-state index in [0.29, 0.717) is 23.4 Å². The third-order valence-electron chi connectivity index (χ3n) is 4.20. The number of halogens is 1. The van der Waals surface area contributed by atoms with Crippen LogP contribution in [0.5, 0.6) is 0 Å². The van der Waals surface area contributed by atoms with Crippen LogP contribution in [0.2, 0.25) is 0 Å². The van der Waals surface area contributed by atoms with Crippen LogP contribution in [0.1, 0.15) is 35.7 Å². The Morgan fingerprint density at radius 1 is 1.00 bits per heavy atom. The van der Waals surface area contributed by atoms with Gasteiger partial charge < -0.3 is 4.90 Å². The molecule has 118 valence electrons. The molecule has 23 heavy (non-hydrogen) atoms. The van der Waals surface area contributed by atoms with E-state index >= 15 is 0 Å².